The van der Waals surface area contributed by atoms with Gasteiger partial charge in [-0.2, -0.15) is 0 Å². The lowest BCUT2D eigenvalue weighted by molar-refractivity contribution is 0.441. The highest BCUT2D eigenvalue weighted by Gasteiger charge is 2.16. The van der Waals surface area contributed by atoms with Crippen LogP contribution in [0.4, 0.5) is 0 Å². The maximum absolute atomic E-state index is 6.07. The van der Waals surface area contributed by atoms with Crippen molar-refractivity contribution in [1.29, 1.82) is 0 Å². The Morgan fingerprint density at radius 1 is 1.06 bits per heavy atom. The van der Waals surface area contributed by atoms with Gasteiger partial charge in [-0.15, -0.1) is 0 Å². The molecule has 0 aliphatic heterocycles. The molecule has 0 bridgehead atoms. The van der Waals surface area contributed by atoms with Crippen molar-refractivity contribution in [2.75, 3.05) is 6.54 Å². The number of nitrogens with one attached hydrogen (secondary N) is 1. The normalized spacial score (nSPS) is 13.4. The summed E-state index contributed by atoms with van der Waals surface area (Å²) >= 11 is 12.0. The Labute approximate surface area is 115 Å². The lowest BCUT2D eigenvalue weighted by Crippen LogP contribution is -2.30. The first-order valence-electron chi connectivity index (χ1n) is 6.10. The highest BCUT2D eigenvalue weighted by Crippen LogP contribution is 2.30. The molecular weight excluding hydrogens is 253 g/mol. The summed E-state index contributed by atoms with van der Waals surface area (Å²) in [6.45, 7) is 9.75. The lowest BCUT2D eigenvalue weighted by atomic mass is 9.88. The van der Waals surface area contributed by atoms with E-state index < -0.39 is 0 Å². The zero-order valence-corrected chi connectivity index (χ0v) is 12.4. The van der Waals surface area contributed by atoms with E-state index in [4.69, 9.17) is 23.2 Å². The van der Waals surface area contributed by atoms with E-state index in [1.807, 2.05) is 12.1 Å². The highest BCUT2D eigenvalue weighted by atomic mass is 35.5. The van der Waals surface area contributed by atoms with Gasteiger partial charge in [-0.1, -0.05) is 57.0 Å². The van der Waals surface area contributed by atoms with Crippen LogP contribution in [0.5, 0.6) is 0 Å². The summed E-state index contributed by atoms with van der Waals surface area (Å²) in [6.07, 6.45) is 0. The Morgan fingerprint density at radius 3 is 2.18 bits per heavy atom. The first-order chi connectivity index (χ1) is 7.91. The van der Waals surface area contributed by atoms with E-state index in [-0.39, 0.29) is 0 Å². The fraction of sp³-hybridized carbons (Fsp3) is 0.571. The fourth-order valence-corrected chi connectivity index (χ4v) is 2.15. The topological polar surface area (TPSA) is 12.0 Å². The molecule has 1 nitrogen and oxygen atoms in total. The van der Waals surface area contributed by atoms with Crippen molar-refractivity contribution in [2.24, 2.45) is 5.92 Å². The maximum atomic E-state index is 6.07. The fourth-order valence-electron chi connectivity index (χ4n) is 1.84. The number of hydrogen-bond donors (Lipinski definition) is 1. The van der Waals surface area contributed by atoms with Gasteiger partial charge in [-0.3, -0.25) is 0 Å². The standard InChI is InChI=1S/C14H21Cl2N/c1-9(2)12(8-17-10(3)4)11-5-6-13(15)14(16)7-11/h5-7,9-10,12,17H,8H2,1-4H3. The molecule has 1 rings (SSSR count). The summed E-state index contributed by atoms with van der Waals surface area (Å²) in [5.41, 5.74) is 1.25. The third-order valence-electron chi connectivity index (χ3n) is 2.92. The summed E-state index contributed by atoms with van der Waals surface area (Å²) in [6, 6.07) is 6.43. The molecule has 1 unspecified atom stereocenters. The number of rotatable bonds is 5. The number of halogens is 2. The molecule has 0 saturated heterocycles. The van der Waals surface area contributed by atoms with Crippen molar-refractivity contribution in [2.45, 2.75) is 39.7 Å². The third kappa shape index (κ3) is 4.50. The van der Waals surface area contributed by atoms with Gasteiger partial charge in [0, 0.05) is 12.6 Å². The zero-order valence-electron chi connectivity index (χ0n) is 10.9. The molecule has 0 aromatic heterocycles. The van der Waals surface area contributed by atoms with Crippen LogP contribution in [0.1, 0.15) is 39.2 Å². The second kappa shape index (κ2) is 6.63. The van der Waals surface area contributed by atoms with Gasteiger partial charge in [0.05, 0.1) is 10.0 Å². The SMILES string of the molecule is CC(C)NCC(c1ccc(Cl)c(Cl)c1)C(C)C. The molecule has 1 aromatic rings. The molecule has 1 aromatic carbocycles. The number of benzene rings is 1. The van der Waals surface area contributed by atoms with Gasteiger partial charge in [0.2, 0.25) is 0 Å². The van der Waals surface area contributed by atoms with E-state index in [1.54, 1.807) is 0 Å². The summed E-state index contributed by atoms with van der Waals surface area (Å²) in [4.78, 5) is 0. The molecule has 17 heavy (non-hydrogen) atoms. The Hall–Kier alpha value is -0.240. The Morgan fingerprint density at radius 2 is 1.71 bits per heavy atom. The van der Waals surface area contributed by atoms with Crippen molar-refractivity contribution in [3.63, 3.8) is 0 Å². The van der Waals surface area contributed by atoms with Crippen molar-refractivity contribution in [1.82, 2.24) is 5.32 Å². The van der Waals surface area contributed by atoms with Crippen LogP contribution in [-0.4, -0.2) is 12.6 Å². The lowest BCUT2D eigenvalue weighted by Gasteiger charge is -2.23. The van der Waals surface area contributed by atoms with Crippen LogP contribution in [0, 0.1) is 5.92 Å². The minimum Gasteiger partial charge on any atom is -0.314 e. The van der Waals surface area contributed by atoms with Crippen molar-refractivity contribution >= 4 is 23.2 Å². The van der Waals surface area contributed by atoms with Crippen LogP contribution < -0.4 is 5.32 Å². The van der Waals surface area contributed by atoms with Gasteiger partial charge in [-0.05, 0) is 29.5 Å². The highest BCUT2D eigenvalue weighted by molar-refractivity contribution is 6.42. The summed E-state index contributed by atoms with van der Waals surface area (Å²) < 4.78 is 0. The Bertz CT molecular complexity index is 361. The van der Waals surface area contributed by atoms with E-state index in [2.05, 4.69) is 39.1 Å². The zero-order chi connectivity index (χ0) is 13.0. The Balaban J connectivity index is 2.85. The molecule has 3 heteroatoms. The van der Waals surface area contributed by atoms with E-state index in [9.17, 15) is 0 Å². The molecule has 0 fully saturated rings. The molecule has 0 heterocycles. The predicted molar refractivity (Wildman–Crippen MR) is 77.2 cm³/mol. The minimum absolute atomic E-state index is 0.465. The average Bonchev–Trinajstić information content (AvgIpc) is 2.22. The summed E-state index contributed by atoms with van der Waals surface area (Å²) in [5, 5.41) is 4.74. The average molecular weight is 274 g/mol. The number of hydrogen-bond acceptors (Lipinski definition) is 1. The molecule has 0 amide bonds. The Kier molecular flexibility index (Phi) is 5.78. The largest absolute Gasteiger partial charge is 0.314 e. The molecule has 0 spiro atoms. The molecule has 0 aliphatic carbocycles. The van der Waals surface area contributed by atoms with Crippen LogP contribution >= 0.6 is 23.2 Å². The third-order valence-corrected chi connectivity index (χ3v) is 3.66. The van der Waals surface area contributed by atoms with E-state index in [0.717, 1.165) is 6.54 Å². The molecule has 96 valence electrons. The van der Waals surface area contributed by atoms with Gasteiger partial charge in [0.15, 0.2) is 0 Å². The van der Waals surface area contributed by atoms with Crippen LogP contribution in [0.25, 0.3) is 0 Å². The van der Waals surface area contributed by atoms with E-state index in [0.29, 0.717) is 27.9 Å². The van der Waals surface area contributed by atoms with Gasteiger partial charge in [0.25, 0.3) is 0 Å². The van der Waals surface area contributed by atoms with Gasteiger partial charge >= 0.3 is 0 Å². The summed E-state index contributed by atoms with van der Waals surface area (Å²) in [5.74, 6) is 1.03. The second-order valence-corrected chi connectivity index (χ2v) is 5.90. The molecular formula is C14H21Cl2N. The quantitative estimate of drug-likeness (QED) is 0.818. The maximum Gasteiger partial charge on any atom is 0.0595 e. The van der Waals surface area contributed by atoms with Crippen molar-refractivity contribution in [3.8, 4) is 0 Å². The van der Waals surface area contributed by atoms with E-state index >= 15 is 0 Å². The smallest absolute Gasteiger partial charge is 0.0595 e. The molecule has 0 radical (unpaired) electrons. The summed E-state index contributed by atoms with van der Waals surface area (Å²) in [7, 11) is 0. The first kappa shape index (κ1) is 14.8. The molecule has 1 atom stereocenters. The van der Waals surface area contributed by atoms with Crippen molar-refractivity contribution in [3.05, 3.63) is 33.8 Å². The second-order valence-electron chi connectivity index (χ2n) is 5.09. The van der Waals surface area contributed by atoms with Gasteiger partial charge in [0.1, 0.15) is 0 Å². The minimum atomic E-state index is 0.465. The van der Waals surface area contributed by atoms with Gasteiger partial charge < -0.3 is 5.32 Å². The predicted octanol–water partition coefficient (Wildman–Crippen LogP) is 4.73. The molecule has 0 aliphatic rings. The van der Waals surface area contributed by atoms with Crippen LogP contribution in [0.15, 0.2) is 18.2 Å². The van der Waals surface area contributed by atoms with Crippen LogP contribution in [-0.2, 0) is 0 Å². The van der Waals surface area contributed by atoms with Gasteiger partial charge in [-0.25, -0.2) is 0 Å². The van der Waals surface area contributed by atoms with Crippen LogP contribution in [0.2, 0.25) is 10.0 Å². The first-order valence-corrected chi connectivity index (χ1v) is 6.85. The van der Waals surface area contributed by atoms with Crippen LogP contribution in [0.3, 0.4) is 0 Å². The van der Waals surface area contributed by atoms with Crippen molar-refractivity contribution < 1.29 is 0 Å². The van der Waals surface area contributed by atoms with E-state index in [1.165, 1.54) is 5.56 Å². The monoisotopic (exact) mass is 273 g/mol. The molecule has 0 saturated carbocycles. The molecule has 1 N–H and O–H groups in total.